The van der Waals surface area contributed by atoms with Crippen molar-refractivity contribution in [3.05, 3.63) is 88.9 Å². The number of amides is 2. The number of benzene rings is 3. The van der Waals surface area contributed by atoms with Crippen LogP contribution in [0.2, 0.25) is 5.02 Å². The van der Waals surface area contributed by atoms with Crippen LogP contribution in [-0.4, -0.2) is 50.4 Å². The third-order valence-electron chi connectivity index (χ3n) is 6.73. The largest absolute Gasteiger partial charge is 0.494 e. The van der Waals surface area contributed by atoms with E-state index in [1.165, 1.54) is 17.0 Å². The fourth-order valence-electron chi connectivity index (χ4n) is 4.12. The summed E-state index contributed by atoms with van der Waals surface area (Å²) in [7, 11) is -4.15. The number of ether oxygens (including phenoxy) is 1. The molecule has 2 atom stereocenters. The van der Waals surface area contributed by atoms with E-state index >= 15 is 0 Å². The first-order chi connectivity index (χ1) is 19.5. The summed E-state index contributed by atoms with van der Waals surface area (Å²) in [4.78, 5) is 28.6. The molecular formula is C31H38ClN3O5S. The molecule has 0 aliphatic rings. The third kappa shape index (κ3) is 8.47. The summed E-state index contributed by atoms with van der Waals surface area (Å²) in [6.07, 6.45) is 0.723. The van der Waals surface area contributed by atoms with Crippen molar-refractivity contribution in [1.29, 1.82) is 0 Å². The number of carbonyl (C=O) groups is 2. The van der Waals surface area contributed by atoms with Crippen LogP contribution < -0.4 is 14.4 Å². The zero-order valence-corrected chi connectivity index (χ0v) is 25.7. The number of carbonyl (C=O) groups excluding carboxylic acids is 2. The second kappa shape index (κ2) is 14.4. The van der Waals surface area contributed by atoms with Gasteiger partial charge in [0.05, 0.1) is 17.2 Å². The fourth-order valence-corrected chi connectivity index (χ4v) is 5.75. The fraction of sp³-hybridized carbons (Fsp3) is 0.355. The number of hydrogen-bond donors (Lipinski definition) is 1. The minimum absolute atomic E-state index is 0.0498. The van der Waals surface area contributed by atoms with Gasteiger partial charge in [-0.1, -0.05) is 48.4 Å². The molecule has 220 valence electrons. The van der Waals surface area contributed by atoms with Gasteiger partial charge in [0.2, 0.25) is 11.8 Å². The molecule has 10 heteroatoms. The highest BCUT2D eigenvalue weighted by Crippen LogP contribution is 2.27. The van der Waals surface area contributed by atoms with Crippen LogP contribution in [0.3, 0.4) is 0 Å². The van der Waals surface area contributed by atoms with Gasteiger partial charge in [-0.3, -0.25) is 13.9 Å². The lowest BCUT2D eigenvalue weighted by Crippen LogP contribution is -2.52. The molecule has 0 saturated heterocycles. The average Bonchev–Trinajstić information content (AvgIpc) is 2.95. The Morgan fingerprint density at radius 2 is 1.63 bits per heavy atom. The summed E-state index contributed by atoms with van der Waals surface area (Å²) >= 11 is 6.20. The predicted molar refractivity (Wildman–Crippen MR) is 163 cm³/mol. The summed E-state index contributed by atoms with van der Waals surface area (Å²) in [5, 5.41) is 3.41. The second-order valence-corrected chi connectivity index (χ2v) is 12.2. The van der Waals surface area contributed by atoms with E-state index in [0.29, 0.717) is 28.6 Å². The first-order valence-corrected chi connectivity index (χ1v) is 15.4. The predicted octanol–water partition coefficient (Wildman–Crippen LogP) is 5.57. The molecule has 1 N–H and O–H groups in total. The molecule has 3 rings (SSSR count). The maximum atomic E-state index is 14.0. The lowest BCUT2D eigenvalue weighted by molar-refractivity contribution is -0.139. The zero-order chi connectivity index (χ0) is 30.2. The molecule has 3 aromatic rings. The molecule has 3 aromatic carbocycles. The molecule has 0 unspecified atom stereocenters. The molecule has 0 saturated carbocycles. The van der Waals surface area contributed by atoms with Crippen LogP contribution in [0, 0.1) is 6.92 Å². The van der Waals surface area contributed by atoms with Crippen molar-refractivity contribution in [2.45, 2.75) is 64.6 Å². The molecule has 0 aliphatic heterocycles. The van der Waals surface area contributed by atoms with Gasteiger partial charge in [0.1, 0.15) is 18.3 Å². The Hall–Kier alpha value is -3.56. The molecule has 0 heterocycles. The van der Waals surface area contributed by atoms with Crippen molar-refractivity contribution in [3.63, 3.8) is 0 Å². The SMILES string of the molecule is CCOc1ccc(N(CC(=O)N(Cc2cccc(Cl)c2)[C@@H](C)C(=O)N[C@H](C)CC)S(=O)(=O)c2ccc(C)cc2)cc1. The molecule has 0 aliphatic carbocycles. The van der Waals surface area contributed by atoms with Crippen molar-refractivity contribution < 1.29 is 22.7 Å². The van der Waals surface area contributed by atoms with Gasteiger partial charge in [0.25, 0.3) is 10.0 Å². The van der Waals surface area contributed by atoms with E-state index in [4.69, 9.17) is 16.3 Å². The van der Waals surface area contributed by atoms with Crippen LogP contribution >= 0.6 is 11.6 Å². The van der Waals surface area contributed by atoms with E-state index in [1.54, 1.807) is 67.6 Å². The molecule has 0 aromatic heterocycles. The smallest absolute Gasteiger partial charge is 0.264 e. The molecule has 0 spiro atoms. The van der Waals surface area contributed by atoms with Crippen molar-refractivity contribution in [3.8, 4) is 5.75 Å². The van der Waals surface area contributed by atoms with E-state index < -0.39 is 28.5 Å². The van der Waals surface area contributed by atoms with Crippen molar-refractivity contribution in [2.24, 2.45) is 0 Å². The molecular weight excluding hydrogens is 562 g/mol. The third-order valence-corrected chi connectivity index (χ3v) is 8.76. The minimum atomic E-state index is -4.15. The van der Waals surface area contributed by atoms with Gasteiger partial charge in [-0.2, -0.15) is 0 Å². The molecule has 0 bridgehead atoms. The average molecular weight is 600 g/mol. The molecule has 0 radical (unpaired) electrons. The molecule has 41 heavy (non-hydrogen) atoms. The van der Waals surface area contributed by atoms with Crippen molar-refractivity contribution >= 4 is 39.1 Å². The lowest BCUT2D eigenvalue weighted by Gasteiger charge is -2.32. The van der Waals surface area contributed by atoms with Gasteiger partial charge in [-0.05, 0) is 88.2 Å². The summed E-state index contributed by atoms with van der Waals surface area (Å²) in [6.45, 7) is 9.19. The van der Waals surface area contributed by atoms with E-state index in [9.17, 15) is 18.0 Å². The highest BCUT2D eigenvalue weighted by molar-refractivity contribution is 7.92. The highest BCUT2D eigenvalue weighted by atomic mass is 35.5. The van der Waals surface area contributed by atoms with E-state index in [0.717, 1.165) is 16.3 Å². The van der Waals surface area contributed by atoms with Crippen LogP contribution in [0.15, 0.2) is 77.7 Å². The first kappa shape index (κ1) is 32.0. The topological polar surface area (TPSA) is 96.0 Å². The van der Waals surface area contributed by atoms with Gasteiger partial charge < -0.3 is 15.0 Å². The Morgan fingerprint density at radius 1 is 0.976 bits per heavy atom. The monoisotopic (exact) mass is 599 g/mol. The number of rotatable bonds is 13. The Bertz CT molecular complexity index is 1430. The van der Waals surface area contributed by atoms with Crippen molar-refractivity contribution in [1.82, 2.24) is 10.2 Å². The number of aryl methyl sites for hydroxylation is 1. The van der Waals surface area contributed by atoms with Gasteiger partial charge in [0, 0.05) is 17.6 Å². The van der Waals surface area contributed by atoms with E-state index in [1.807, 2.05) is 27.7 Å². The summed E-state index contributed by atoms with van der Waals surface area (Å²) in [5.41, 5.74) is 1.91. The highest BCUT2D eigenvalue weighted by Gasteiger charge is 2.32. The van der Waals surface area contributed by atoms with Gasteiger partial charge >= 0.3 is 0 Å². The number of anilines is 1. The van der Waals surface area contributed by atoms with E-state index in [-0.39, 0.29) is 23.4 Å². The Kier molecular flexibility index (Phi) is 11.2. The number of halogens is 1. The Balaban J connectivity index is 2.03. The van der Waals surface area contributed by atoms with Gasteiger partial charge in [-0.15, -0.1) is 0 Å². The van der Waals surface area contributed by atoms with E-state index in [2.05, 4.69) is 5.32 Å². The first-order valence-electron chi connectivity index (χ1n) is 13.6. The van der Waals surface area contributed by atoms with Gasteiger partial charge in [-0.25, -0.2) is 8.42 Å². The quantitative estimate of drug-likeness (QED) is 0.277. The van der Waals surface area contributed by atoms with Crippen LogP contribution in [0.25, 0.3) is 0 Å². The standard InChI is InChI=1S/C31H38ClN3O5S/c1-6-23(4)33-31(37)24(5)34(20-25-9-8-10-26(32)19-25)30(36)21-35(27-13-15-28(16-14-27)40-7-2)41(38,39)29-17-11-22(3)12-18-29/h8-19,23-24H,6-7,20-21H2,1-5H3,(H,33,37)/t23-,24+/m1/s1. The summed E-state index contributed by atoms with van der Waals surface area (Å²) < 4.78 is 34.5. The summed E-state index contributed by atoms with van der Waals surface area (Å²) in [5.74, 6) is -0.293. The zero-order valence-electron chi connectivity index (χ0n) is 24.1. The maximum Gasteiger partial charge on any atom is 0.264 e. The Labute approximate surface area is 248 Å². The second-order valence-electron chi connectivity index (χ2n) is 9.90. The number of nitrogens with one attached hydrogen (secondary N) is 1. The van der Waals surface area contributed by atoms with Gasteiger partial charge in [0.15, 0.2) is 0 Å². The number of nitrogens with zero attached hydrogens (tertiary/aromatic N) is 2. The maximum absolute atomic E-state index is 14.0. The van der Waals surface area contributed by atoms with Crippen LogP contribution in [0.5, 0.6) is 5.75 Å². The van der Waals surface area contributed by atoms with Crippen LogP contribution in [0.4, 0.5) is 5.69 Å². The summed E-state index contributed by atoms with van der Waals surface area (Å²) in [6, 6.07) is 19.0. The molecule has 2 amide bonds. The van der Waals surface area contributed by atoms with Crippen LogP contribution in [0.1, 0.15) is 45.2 Å². The molecule has 8 nitrogen and oxygen atoms in total. The normalized spacial score (nSPS) is 12.7. The Morgan fingerprint density at radius 3 is 2.22 bits per heavy atom. The number of hydrogen-bond acceptors (Lipinski definition) is 5. The lowest BCUT2D eigenvalue weighted by atomic mass is 10.1. The molecule has 0 fully saturated rings. The number of sulfonamides is 1. The minimum Gasteiger partial charge on any atom is -0.494 e. The van der Waals surface area contributed by atoms with Crippen molar-refractivity contribution in [2.75, 3.05) is 17.5 Å². The van der Waals surface area contributed by atoms with Crippen LogP contribution in [-0.2, 0) is 26.2 Å².